The Morgan fingerprint density at radius 2 is 1.65 bits per heavy atom. The summed E-state index contributed by atoms with van der Waals surface area (Å²) in [4.78, 5) is 6.39. The first-order chi connectivity index (χ1) is 7.84. The molecule has 0 saturated heterocycles. The van der Waals surface area contributed by atoms with E-state index in [-0.39, 0.29) is 24.6 Å². The third kappa shape index (κ3) is 2.08. The van der Waals surface area contributed by atoms with E-state index in [0.29, 0.717) is 5.56 Å². The summed E-state index contributed by atoms with van der Waals surface area (Å²) in [7, 11) is 0. The van der Waals surface area contributed by atoms with E-state index >= 15 is 0 Å². The second-order valence-electron chi connectivity index (χ2n) is 3.67. The number of aromatic amines is 2. The molecule has 1 heterocycles. The SMILES string of the molecule is [Li+].[O-]c1ccccc1-c1[nH]c2ccccc2[nH+]1. The summed E-state index contributed by atoms with van der Waals surface area (Å²) < 4.78 is 0. The maximum absolute atomic E-state index is 11.7. The van der Waals surface area contributed by atoms with Crippen molar-refractivity contribution in [2.24, 2.45) is 0 Å². The zero-order valence-electron chi connectivity index (χ0n) is 9.53. The van der Waals surface area contributed by atoms with E-state index in [0.717, 1.165) is 16.9 Å². The fourth-order valence-electron chi connectivity index (χ4n) is 1.81. The van der Waals surface area contributed by atoms with Crippen molar-refractivity contribution in [2.45, 2.75) is 0 Å². The van der Waals surface area contributed by atoms with Gasteiger partial charge in [-0.2, -0.15) is 0 Å². The summed E-state index contributed by atoms with van der Waals surface area (Å²) in [6.45, 7) is 0. The minimum absolute atomic E-state index is 0. The maximum atomic E-state index is 11.7. The fourth-order valence-corrected chi connectivity index (χ4v) is 1.81. The molecule has 0 unspecified atom stereocenters. The predicted molar refractivity (Wildman–Crippen MR) is 59.7 cm³/mol. The number of imidazole rings is 1. The quantitative estimate of drug-likeness (QED) is 0.507. The van der Waals surface area contributed by atoms with Gasteiger partial charge in [-0.1, -0.05) is 36.1 Å². The molecular formula is C13H10LiN2O+. The number of nitrogens with one attached hydrogen (secondary N) is 2. The Labute approximate surface area is 111 Å². The number of fused-ring (bicyclic) bond motifs is 1. The standard InChI is InChI=1S/C13H10N2O.Li/c16-12-8-4-1-5-9(12)13-14-10-6-2-3-7-11(10)15-13;/h1-8,16H,(H,14,15);/q;+1. The van der Waals surface area contributed by atoms with Crippen LogP contribution in [0.4, 0.5) is 0 Å². The van der Waals surface area contributed by atoms with E-state index in [1.807, 2.05) is 36.4 Å². The van der Waals surface area contributed by atoms with Crippen molar-refractivity contribution >= 4 is 11.0 Å². The van der Waals surface area contributed by atoms with Crippen LogP contribution in [0, 0.1) is 0 Å². The normalized spacial score (nSPS) is 10.1. The summed E-state index contributed by atoms with van der Waals surface area (Å²) in [5.41, 5.74) is 2.67. The Kier molecular flexibility index (Phi) is 3.23. The van der Waals surface area contributed by atoms with E-state index in [1.54, 1.807) is 12.1 Å². The molecule has 2 N–H and O–H groups in total. The molecule has 3 nitrogen and oxygen atoms in total. The van der Waals surface area contributed by atoms with Crippen LogP contribution in [0.15, 0.2) is 48.5 Å². The molecule has 2 aromatic carbocycles. The number of hydrogen-bond donors (Lipinski definition) is 1. The van der Waals surface area contributed by atoms with Gasteiger partial charge in [-0.25, -0.2) is 9.97 Å². The molecule has 78 valence electrons. The van der Waals surface area contributed by atoms with Crippen LogP contribution in [0.25, 0.3) is 22.4 Å². The first-order valence-electron chi connectivity index (χ1n) is 5.11. The molecule has 3 rings (SSSR count). The minimum atomic E-state index is 0. The minimum Gasteiger partial charge on any atom is -0.872 e. The Morgan fingerprint density at radius 3 is 2.41 bits per heavy atom. The van der Waals surface area contributed by atoms with Gasteiger partial charge >= 0.3 is 18.9 Å². The summed E-state index contributed by atoms with van der Waals surface area (Å²) in [5.74, 6) is 0.775. The Morgan fingerprint density at radius 1 is 0.941 bits per heavy atom. The number of aromatic nitrogens is 2. The van der Waals surface area contributed by atoms with E-state index in [9.17, 15) is 5.11 Å². The second kappa shape index (κ2) is 4.66. The van der Waals surface area contributed by atoms with Crippen LogP contribution >= 0.6 is 0 Å². The van der Waals surface area contributed by atoms with Gasteiger partial charge in [-0.3, -0.25) is 0 Å². The van der Waals surface area contributed by atoms with Crippen LogP contribution in [-0.4, -0.2) is 4.98 Å². The number of hydrogen-bond acceptors (Lipinski definition) is 1. The largest absolute Gasteiger partial charge is 1.00 e. The van der Waals surface area contributed by atoms with E-state index in [2.05, 4.69) is 9.97 Å². The molecule has 0 fully saturated rings. The number of benzene rings is 2. The maximum Gasteiger partial charge on any atom is 1.00 e. The number of H-pyrrole nitrogens is 2. The molecule has 17 heavy (non-hydrogen) atoms. The van der Waals surface area contributed by atoms with Crippen molar-refractivity contribution < 1.29 is 29.0 Å². The van der Waals surface area contributed by atoms with Gasteiger partial charge < -0.3 is 5.11 Å². The molecule has 0 aliphatic rings. The predicted octanol–water partition coefficient (Wildman–Crippen LogP) is -1.27. The van der Waals surface area contributed by atoms with Crippen molar-refractivity contribution in [3.8, 4) is 17.1 Å². The van der Waals surface area contributed by atoms with Crippen LogP contribution in [0.2, 0.25) is 0 Å². The summed E-state index contributed by atoms with van der Waals surface area (Å²) >= 11 is 0. The molecule has 3 aromatic rings. The van der Waals surface area contributed by atoms with E-state index in [1.165, 1.54) is 0 Å². The number of rotatable bonds is 1. The van der Waals surface area contributed by atoms with Crippen molar-refractivity contribution in [1.29, 1.82) is 0 Å². The van der Waals surface area contributed by atoms with Gasteiger partial charge in [0.05, 0.1) is 5.56 Å². The van der Waals surface area contributed by atoms with E-state index < -0.39 is 0 Å². The molecule has 0 saturated carbocycles. The molecule has 4 heteroatoms. The molecular weight excluding hydrogens is 207 g/mol. The third-order valence-corrected chi connectivity index (χ3v) is 2.60. The molecule has 0 radical (unpaired) electrons. The van der Waals surface area contributed by atoms with Crippen molar-refractivity contribution in [2.75, 3.05) is 0 Å². The van der Waals surface area contributed by atoms with Gasteiger partial charge in [0.15, 0.2) is 11.0 Å². The first kappa shape index (κ1) is 11.8. The molecule has 0 aliphatic carbocycles. The molecule has 0 spiro atoms. The van der Waals surface area contributed by atoms with Gasteiger partial charge in [0.25, 0.3) is 5.82 Å². The monoisotopic (exact) mass is 217 g/mol. The van der Waals surface area contributed by atoms with Gasteiger partial charge in [0.2, 0.25) is 0 Å². The number of para-hydroxylation sites is 3. The fraction of sp³-hybridized carbons (Fsp3) is 0. The van der Waals surface area contributed by atoms with Crippen molar-refractivity contribution in [3.63, 3.8) is 0 Å². The van der Waals surface area contributed by atoms with Crippen LogP contribution in [0.5, 0.6) is 5.75 Å². The molecule has 0 aliphatic heterocycles. The Hall–Kier alpha value is -1.69. The zero-order valence-corrected chi connectivity index (χ0v) is 9.53. The van der Waals surface area contributed by atoms with Gasteiger partial charge in [-0.05, 0) is 18.2 Å². The average Bonchev–Trinajstić information content (AvgIpc) is 2.73. The molecule has 0 atom stereocenters. The first-order valence-corrected chi connectivity index (χ1v) is 5.11. The second-order valence-corrected chi connectivity index (χ2v) is 3.67. The molecule has 0 bridgehead atoms. The smallest absolute Gasteiger partial charge is 0.872 e. The summed E-state index contributed by atoms with van der Waals surface area (Å²) in [5, 5.41) is 11.7. The van der Waals surface area contributed by atoms with Gasteiger partial charge in [0, 0.05) is 0 Å². The van der Waals surface area contributed by atoms with Gasteiger partial charge in [-0.15, -0.1) is 0 Å². The average molecular weight is 217 g/mol. The van der Waals surface area contributed by atoms with Crippen molar-refractivity contribution in [3.05, 3.63) is 48.5 Å². The summed E-state index contributed by atoms with van der Waals surface area (Å²) in [6, 6.07) is 14.8. The Bertz CT molecular complexity index is 615. The topological polar surface area (TPSA) is 53.0 Å². The Balaban J connectivity index is 0.00000108. The van der Waals surface area contributed by atoms with Crippen molar-refractivity contribution in [1.82, 2.24) is 4.98 Å². The summed E-state index contributed by atoms with van der Waals surface area (Å²) in [6.07, 6.45) is 0. The van der Waals surface area contributed by atoms with Crippen LogP contribution in [-0.2, 0) is 0 Å². The molecule has 0 amide bonds. The van der Waals surface area contributed by atoms with Gasteiger partial charge in [0.1, 0.15) is 0 Å². The molecule has 1 aromatic heterocycles. The zero-order chi connectivity index (χ0) is 11.0. The third-order valence-electron chi connectivity index (χ3n) is 2.60. The van der Waals surface area contributed by atoms with Crippen LogP contribution in [0.3, 0.4) is 0 Å². The van der Waals surface area contributed by atoms with E-state index in [4.69, 9.17) is 0 Å². The van der Waals surface area contributed by atoms with Crippen LogP contribution < -0.4 is 29.0 Å². The van der Waals surface area contributed by atoms with Crippen LogP contribution in [0.1, 0.15) is 0 Å².